The van der Waals surface area contributed by atoms with E-state index < -0.39 is 11.5 Å². The fourth-order valence-electron chi connectivity index (χ4n) is 4.47. The Kier molecular flexibility index (Phi) is 8.84. The van der Waals surface area contributed by atoms with Crippen molar-refractivity contribution in [3.8, 4) is 5.75 Å². The number of hydrogen-bond donors (Lipinski definition) is 1. The van der Waals surface area contributed by atoms with Gasteiger partial charge < -0.3 is 14.4 Å². The monoisotopic (exact) mass is 513 g/mol. The summed E-state index contributed by atoms with van der Waals surface area (Å²) in [5, 5.41) is 7.74. The zero-order chi connectivity index (χ0) is 26.8. The number of ether oxygens (including phenoxy) is 2. The molecule has 3 aromatic carbocycles. The first kappa shape index (κ1) is 26.6. The summed E-state index contributed by atoms with van der Waals surface area (Å²) in [5.74, 6) is -0.00613. The Hall–Kier alpha value is -4.50. The van der Waals surface area contributed by atoms with Crippen molar-refractivity contribution in [2.75, 3.05) is 33.9 Å². The minimum Gasteiger partial charge on any atom is -0.497 e. The number of rotatable bonds is 12. The van der Waals surface area contributed by atoms with E-state index in [-0.39, 0.29) is 25.5 Å². The van der Waals surface area contributed by atoms with Crippen molar-refractivity contribution >= 4 is 11.9 Å². The maximum absolute atomic E-state index is 13.1. The molecule has 0 unspecified atom stereocenters. The van der Waals surface area contributed by atoms with Crippen LogP contribution in [0.5, 0.6) is 5.75 Å². The summed E-state index contributed by atoms with van der Waals surface area (Å²) in [6.07, 6.45) is 2.83. The van der Waals surface area contributed by atoms with Crippen LogP contribution in [0.1, 0.15) is 16.7 Å². The molecule has 0 spiro atoms. The summed E-state index contributed by atoms with van der Waals surface area (Å²) >= 11 is 0. The summed E-state index contributed by atoms with van der Waals surface area (Å²) in [4.78, 5) is 30.6. The Morgan fingerprint density at radius 1 is 0.895 bits per heavy atom. The average Bonchev–Trinajstić information content (AvgIpc) is 3.49. The quantitative estimate of drug-likeness (QED) is 0.230. The van der Waals surface area contributed by atoms with Gasteiger partial charge in [-0.25, -0.2) is 9.67 Å². The lowest BCUT2D eigenvalue weighted by molar-refractivity contribution is -0.147. The van der Waals surface area contributed by atoms with Gasteiger partial charge in [-0.2, -0.15) is 5.10 Å². The second-order valence-electron chi connectivity index (χ2n) is 8.62. The molecule has 0 atom stereocenters. The number of methoxy groups -OCH3 is 2. The van der Waals surface area contributed by atoms with E-state index in [1.54, 1.807) is 7.11 Å². The van der Waals surface area contributed by atoms with Gasteiger partial charge in [0, 0.05) is 13.1 Å². The van der Waals surface area contributed by atoms with Crippen LogP contribution in [0.2, 0.25) is 0 Å². The number of nitrogens with zero attached hydrogens (tertiary/aromatic N) is 4. The summed E-state index contributed by atoms with van der Waals surface area (Å²) in [5.41, 5.74) is 2.33. The summed E-state index contributed by atoms with van der Waals surface area (Å²) in [6.45, 7) is 0.450. The fraction of sp³-hybridized carbons (Fsp3) is 0.241. The molecule has 0 fully saturated rings. The molecular weight excluding hydrogens is 482 g/mol. The van der Waals surface area contributed by atoms with Crippen molar-refractivity contribution in [2.45, 2.75) is 12.1 Å². The first-order chi connectivity index (χ1) is 18.6. The van der Waals surface area contributed by atoms with Gasteiger partial charge in [-0.1, -0.05) is 72.8 Å². The molecule has 38 heavy (non-hydrogen) atoms. The first-order valence-corrected chi connectivity index (χ1v) is 12.2. The molecule has 0 saturated carbocycles. The van der Waals surface area contributed by atoms with Crippen LogP contribution in [-0.4, -0.2) is 65.4 Å². The van der Waals surface area contributed by atoms with Crippen LogP contribution < -0.4 is 10.1 Å². The van der Waals surface area contributed by atoms with Crippen molar-refractivity contribution in [1.82, 2.24) is 25.0 Å². The molecule has 1 aromatic heterocycles. The lowest BCUT2D eigenvalue weighted by atomic mass is 9.77. The molecule has 1 amide bonds. The minimum absolute atomic E-state index is 0.0298. The van der Waals surface area contributed by atoms with E-state index in [4.69, 9.17) is 9.47 Å². The van der Waals surface area contributed by atoms with Gasteiger partial charge in [-0.15, -0.1) is 0 Å². The highest BCUT2D eigenvalue weighted by Gasteiger charge is 2.36. The molecule has 1 N–H and O–H groups in total. The molecule has 9 heteroatoms. The van der Waals surface area contributed by atoms with Crippen LogP contribution in [0.15, 0.2) is 97.6 Å². The molecule has 0 saturated heterocycles. The fourth-order valence-corrected chi connectivity index (χ4v) is 4.47. The van der Waals surface area contributed by atoms with Crippen LogP contribution in [0.3, 0.4) is 0 Å². The van der Waals surface area contributed by atoms with Crippen LogP contribution in [-0.2, 0) is 26.4 Å². The predicted octanol–water partition coefficient (Wildman–Crippen LogP) is 2.87. The van der Waals surface area contributed by atoms with E-state index in [0.717, 1.165) is 22.4 Å². The molecular formula is C29H31N5O4. The molecule has 196 valence electrons. The molecule has 0 aliphatic rings. The number of nitrogens with one attached hydrogen (secondary N) is 1. The zero-order valence-corrected chi connectivity index (χ0v) is 21.5. The minimum atomic E-state index is -0.735. The highest BCUT2D eigenvalue weighted by atomic mass is 16.5. The lowest BCUT2D eigenvalue weighted by Crippen LogP contribution is -2.49. The van der Waals surface area contributed by atoms with E-state index in [9.17, 15) is 9.59 Å². The highest BCUT2D eigenvalue weighted by molar-refractivity contribution is 5.81. The van der Waals surface area contributed by atoms with Crippen molar-refractivity contribution in [3.05, 3.63) is 114 Å². The van der Waals surface area contributed by atoms with Gasteiger partial charge in [-0.3, -0.25) is 14.9 Å². The Morgan fingerprint density at radius 2 is 1.50 bits per heavy atom. The van der Waals surface area contributed by atoms with Crippen LogP contribution >= 0.6 is 0 Å². The Labute approximate surface area is 222 Å². The SMILES string of the molecule is COC(=O)CN(CCNC(c1ccccc1)(c1ccccc1)c1ccc(OC)cc1)C(=O)Cn1cncn1. The third kappa shape index (κ3) is 6.07. The average molecular weight is 514 g/mol. The van der Waals surface area contributed by atoms with Gasteiger partial charge in [0.25, 0.3) is 0 Å². The second-order valence-corrected chi connectivity index (χ2v) is 8.62. The molecule has 4 aromatic rings. The number of carbonyl (C=O) groups excluding carboxylic acids is 2. The maximum atomic E-state index is 13.1. The van der Waals surface area contributed by atoms with E-state index in [2.05, 4.69) is 39.7 Å². The third-order valence-electron chi connectivity index (χ3n) is 6.37. The topological polar surface area (TPSA) is 98.6 Å². The van der Waals surface area contributed by atoms with Gasteiger partial charge in [0.05, 0.1) is 19.8 Å². The summed E-state index contributed by atoms with van der Waals surface area (Å²) in [7, 11) is 2.95. The molecule has 1 heterocycles. The largest absolute Gasteiger partial charge is 0.497 e. The number of aromatic nitrogens is 3. The van der Waals surface area contributed by atoms with Gasteiger partial charge >= 0.3 is 5.97 Å². The van der Waals surface area contributed by atoms with E-state index >= 15 is 0 Å². The van der Waals surface area contributed by atoms with Gasteiger partial charge in [0.2, 0.25) is 5.91 Å². The molecule has 9 nitrogen and oxygen atoms in total. The van der Waals surface area contributed by atoms with Gasteiger partial charge in [-0.05, 0) is 28.8 Å². The van der Waals surface area contributed by atoms with Gasteiger partial charge in [0.1, 0.15) is 31.5 Å². The highest BCUT2D eigenvalue weighted by Crippen LogP contribution is 2.37. The standard InChI is InChI=1S/C29H31N5O4/c1-37-26-15-13-25(14-16-26)29(23-9-5-3-6-10-23,24-11-7-4-8-12-24)31-17-18-33(20-28(36)38-2)27(35)19-34-22-30-21-32-34/h3-16,21-22,31H,17-20H2,1-2H3. The van der Waals surface area contributed by atoms with E-state index in [1.165, 1.54) is 29.3 Å². The molecule has 0 aliphatic carbocycles. The molecule has 0 radical (unpaired) electrons. The Bertz CT molecular complexity index is 1260. The predicted molar refractivity (Wildman–Crippen MR) is 142 cm³/mol. The molecule has 4 rings (SSSR count). The number of esters is 1. The number of benzene rings is 3. The number of amides is 1. The van der Waals surface area contributed by atoms with E-state index in [1.807, 2.05) is 60.7 Å². The van der Waals surface area contributed by atoms with Crippen molar-refractivity contribution < 1.29 is 19.1 Å². The van der Waals surface area contributed by atoms with Crippen molar-refractivity contribution in [3.63, 3.8) is 0 Å². The number of carbonyl (C=O) groups is 2. The summed E-state index contributed by atoms with van der Waals surface area (Å²) < 4.78 is 11.7. The van der Waals surface area contributed by atoms with Crippen LogP contribution in [0, 0.1) is 0 Å². The van der Waals surface area contributed by atoms with Crippen LogP contribution in [0.25, 0.3) is 0 Å². The third-order valence-corrected chi connectivity index (χ3v) is 6.37. The normalized spacial score (nSPS) is 11.1. The zero-order valence-electron chi connectivity index (χ0n) is 21.5. The number of hydrogen-bond acceptors (Lipinski definition) is 7. The first-order valence-electron chi connectivity index (χ1n) is 12.2. The maximum Gasteiger partial charge on any atom is 0.325 e. The Morgan fingerprint density at radius 3 is 2.03 bits per heavy atom. The Balaban J connectivity index is 1.68. The molecule has 0 bridgehead atoms. The van der Waals surface area contributed by atoms with E-state index in [0.29, 0.717) is 6.54 Å². The second kappa shape index (κ2) is 12.6. The van der Waals surface area contributed by atoms with Crippen molar-refractivity contribution in [2.24, 2.45) is 0 Å². The lowest BCUT2D eigenvalue weighted by Gasteiger charge is -2.38. The summed E-state index contributed by atoms with van der Waals surface area (Å²) in [6, 6.07) is 28.2. The van der Waals surface area contributed by atoms with Crippen LogP contribution in [0.4, 0.5) is 0 Å². The smallest absolute Gasteiger partial charge is 0.325 e. The van der Waals surface area contributed by atoms with Gasteiger partial charge in [0.15, 0.2) is 0 Å². The van der Waals surface area contributed by atoms with Crippen molar-refractivity contribution in [1.29, 1.82) is 0 Å². The molecule has 0 aliphatic heterocycles.